The van der Waals surface area contributed by atoms with Gasteiger partial charge < -0.3 is 19.5 Å². The predicted octanol–water partition coefficient (Wildman–Crippen LogP) is 4.29. The number of benzene rings is 2. The van der Waals surface area contributed by atoms with Crippen molar-refractivity contribution in [2.24, 2.45) is 0 Å². The summed E-state index contributed by atoms with van der Waals surface area (Å²) in [6.07, 6.45) is 0.365. The van der Waals surface area contributed by atoms with Crippen LogP contribution in [0.4, 0.5) is 0 Å². The lowest BCUT2D eigenvalue weighted by atomic mass is 10.0. The summed E-state index contributed by atoms with van der Waals surface area (Å²) in [4.78, 5) is 2.13. The SMILES string of the molecule is CN(CCCOC(c1ccccc1)c1ccccc1)CC(O)COC(C)(C)C. The number of ether oxygens (including phenoxy) is 2. The van der Waals surface area contributed by atoms with Crippen molar-refractivity contribution in [1.82, 2.24) is 4.90 Å². The zero-order valence-electron chi connectivity index (χ0n) is 17.7. The van der Waals surface area contributed by atoms with Gasteiger partial charge in [0.05, 0.1) is 18.3 Å². The first-order valence-corrected chi connectivity index (χ1v) is 10.1. The van der Waals surface area contributed by atoms with Gasteiger partial charge in [-0.2, -0.15) is 0 Å². The Labute approximate surface area is 170 Å². The first-order chi connectivity index (χ1) is 13.3. The highest BCUT2D eigenvalue weighted by molar-refractivity contribution is 5.29. The largest absolute Gasteiger partial charge is 0.389 e. The Bertz CT molecular complexity index is 615. The van der Waals surface area contributed by atoms with Crippen LogP contribution in [0, 0.1) is 0 Å². The molecule has 1 N–H and O–H groups in total. The summed E-state index contributed by atoms with van der Waals surface area (Å²) in [5.41, 5.74) is 2.10. The third-order valence-electron chi connectivity index (χ3n) is 4.40. The fourth-order valence-corrected chi connectivity index (χ4v) is 3.03. The molecule has 4 heteroatoms. The van der Waals surface area contributed by atoms with E-state index in [0.717, 1.165) is 24.1 Å². The Morgan fingerprint density at radius 2 is 1.46 bits per heavy atom. The molecule has 1 unspecified atom stereocenters. The quantitative estimate of drug-likeness (QED) is 0.586. The Morgan fingerprint density at radius 3 is 1.96 bits per heavy atom. The van der Waals surface area contributed by atoms with E-state index in [0.29, 0.717) is 19.8 Å². The van der Waals surface area contributed by atoms with Crippen molar-refractivity contribution in [3.63, 3.8) is 0 Å². The van der Waals surface area contributed by atoms with Crippen LogP contribution in [-0.4, -0.2) is 55.1 Å². The molecule has 0 bridgehead atoms. The van der Waals surface area contributed by atoms with Crippen LogP contribution in [0.15, 0.2) is 60.7 Å². The first kappa shape index (κ1) is 22.6. The average molecular weight is 386 g/mol. The third-order valence-corrected chi connectivity index (χ3v) is 4.40. The topological polar surface area (TPSA) is 41.9 Å². The van der Waals surface area contributed by atoms with E-state index in [1.165, 1.54) is 0 Å². The molecule has 0 aliphatic heterocycles. The number of likely N-dealkylation sites (N-methyl/N-ethyl adjacent to an activating group) is 1. The summed E-state index contributed by atoms with van der Waals surface area (Å²) in [5, 5.41) is 10.1. The van der Waals surface area contributed by atoms with E-state index in [-0.39, 0.29) is 11.7 Å². The van der Waals surface area contributed by atoms with Crippen LogP contribution in [0.5, 0.6) is 0 Å². The van der Waals surface area contributed by atoms with Crippen molar-refractivity contribution >= 4 is 0 Å². The minimum atomic E-state index is -0.480. The monoisotopic (exact) mass is 385 g/mol. The summed E-state index contributed by atoms with van der Waals surface area (Å²) in [5.74, 6) is 0. The fraction of sp³-hybridized carbons (Fsp3) is 0.500. The van der Waals surface area contributed by atoms with Crippen molar-refractivity contribution in [3.05, 3.63) is 71.8 Å². The molecule has 0 fully saturated rings. The van der Waals surface area contributed by atoms with Gasteiger partial charge in [-0.05, 0) is 45.4 Å². The molecule has 4 nitrogen and oxygen atoms in total. The van der Waals surface area contributed by atoms with Crippen molar-refractivity contribution in [3.8, 4) is 0 Å². The van der Waals surface area contributed by atoms with Crippen LogP contribution < -0.4 is 0 Å². The maximum Gasteiger partial charge on any atom is 0.108 e. The normalized spacial score (nSPS) is 13.2. The Kier molecular flexibility index (Phi) is 9.13. The highest BCUT2D eigenvalue weighted by atomic mass is 16.5. The molecule has 0 saturated heterocycles. The van der Waals surface area contributed by atoms with E-state index in [2.05, 4.69) is 29.2 Å². The van der Waals surface area contributed by atoms with Gasteiger partial charge in [0.25, 0.3) is 0 Å². The summed E-state index contributed by atoms with van der Waals surface area (Å²) in [6.45, 7) is 8.46. The second kappa shape index (κ2) is 11.3. The van der Waals surface area contributed by atoms with Crippen LogP contribution in [0.25, 0.3) is 0 Å². The van der Waals surface area contributed by atoms with Crippen molar-refractivity contribution in [2.45, 2.75) is 45.0 Å². The van der Waals surface area contributed by atoms with E-state index < -0.39 is 6.10 Å². The number of nitrogens with zero attached hydrogens (tertiary/aromatic N) is 1. The van der Waals surface area contributed by atoms with Crippen molar-refractivity contribution < 1.29 is 14.6 Å². The van der Waals surface area contributed by atoms with Gasteiger partial charge in [0.1, 0.15) is 6.10 Å². The molecule has 0 aromatic heterocycles. The van der Waals surface area contributed by atoms with Crippen LogP contribution in [0.1, 0.15) is 44.4 Å². The van der Waals surface area contributed by atoms with Gasteiger partial charge in [-0.3, -0.25) is 0 Å². The van der Waals surface area contributed by atoms with Crippen LogP contribution in [-0.2, 0) is 9.47 Å². The van der Waals surface area contributed by atoms with Gasteiger partial charge in [-0.1, -0.05) is 60.7 Å². The number of hydrogen-bond acceptors (Lipinski definition) is 4. The van der Waals surface area contributed by atoms with E-state index in [1.54, 1.807) is 0 Å². The lowest BCUT2D eigenvalue weighted by Gasteiger charge is -2.25. The highest BCUT2D eigenvalue weighted by Crippen LogP contribution is 2.25. The summed E-state index contributed by atoms with van der Waals surface area (Å²) >= 11 is 0. The third kappa shape index (κ3) is 8.53. The van der Waals surface area contributed by atoms with Gasteiger partial charge >= 0.3 is 0 Å². The summed E-state index contributed by atoms with van der Waals surface area (Å²) in [6, 6.07) is 20.7. The van der Waals surface area contributed by atoms with Crippen LogP contribution in [0.3, 0.4) is 0 Å². The predicted molar refractivity (Wildman–Crippen MR) is 115 cm³/mol. The average Bonchev–Trinajstić information content (AvgIpc) is 2.67. The van der Waals surface area contributed by atoms with Gasteiger partial charge in [-0.25, -0.2) is 0 Å². The fourth-order valence-electron chi connectivity index (χ4n) is 3.03. The molecule has 0 radical (unpaired) electrons. The zero-order valence-corrected chi connectivity index (χ0v) is 17.7. The smallest absolute Gasteiger partial charge is 0.108 e. The lowest BCUT2D eigenvalue weighted by molar-refractivity contribution is -0.0550. The number of rotatable bonds is 11. The molecule has 154 valence electrons. The molecule has 0 aliphatic rings. The maximum atomic E-state index is 10.1. The molecule has 28 heavy (non-hydrogen) atoms. The van der Waals surface area contributed by atoms with Gasteiger partial charge in [0.2, 0.25) is 0 Å². The van der Waals surface area contributed by atoms with Gasteiger partial charge in [0, 0.05) is 19.7 Å². The molecule has 0 saturated carbocycles. The second-order valence-electron chi connectivity index (χ2n) is 8.27. The minimum Gasteiger partial charge on any atom is -0.389 e. The van der Waals surface area contributed by atoms with E-state index in [9.17, 15) is 5.11 Å². The number of hydrogen-bond donors (Lipinski definition) is 1. The number of aliphatic hydroxyl groups excluding tert-OH is 1. The molecule has 2 aromatic carbocycles. The molecular weight excluding hydrogens is 350 g/mol. The lowest BCUT2D eigenvalue weighted by Crippen LogP contribution is -2.35. The zero-order chi connectivity index (χ0) is 20.4. The first-order valence-electron chi connectivity index (χ1n) is 10.1. The second-order valence-corrected chi connectivity index (χ2v) is 8.27. The molecule has 0 amide bonds. The Balaban J connectivity index is 1.78. The molecule has 2 aromatic rings. The van der Waals surface area contributed by atoms with E-state index in [4.69, 9.17) is 9.47 Å². The van der Waals surface area contributed by atoms with Crippen molar-refractivity contribution in [1.29, 1.82) is 0 Å². The molecular formula is C24H35NO3. The molecule has 1 atom stereocenters. The Morgan fingerprint density at radius 1 is 0.929 bits per heavy atom. The molecule has 0 heterocycles. The number of aliphatic hydroxyl groups is 1. The molecule has 2 rings (SSSR count). The minimum absolute atomic E-state index is 0.0570. The van der Waals surface area contributed by atoms with Crippen LogP contribution in [0.2, 0.25) is 0 Å². The Hall–Kier alpha value is -1.72. The maximum absolute atomic E-state index is 10.1. The van der Waals surface area contributed by atoms with Gasteiger partial charge in [0.15, 0.2) is 0 Å². The summed E-state index contributed by atoms with van der Waals surface area (Å²) in [7, 11) is 2.02. The standard InChI is InChI=1S/C24H35NO3/c1-24(2,3)28-19-22(26)18-25(4)16-11-17-27-23(20-12-7-5-8-13-20)21-14-9-6-10-15-21/h5-10,12-15,22-23,26H,11,16-19H2,1-4H3. The molecule has 0 spiro atoms. The highest BCUT2D eigenvalue weighted by Gasteiger charge is 2.16. The van der Waals surface area contributed by atoms with E-state index in [1.807, 2.05) is 64.2 Å². The van der Waals surface area contributed by atoms with Gasteiger partial charge in [-0.15, -0.1) is 0 Å². The van der Waals surface area contributed by atoms with E-state index >= 15 is 0 Å². The molecule has 0 aliphatic carbocycles. The van der Waals surface area contributed by atoms with Crippen molar-refractivity contribution in [2.75, 3.05) is 33.4 Å². The van der Waals surface area contributed by atoms with Crippen LogP contribution >= 0.6 is 0 Å². The summed E-state index contributed by atoms with van der Waals surface area (Å²) < 4.78 is 11.9.